The fraction of sp³-hybridized carbons (Fsp3) is 0.471. The molecule has 0 amide bonds. The first-order valence-corrected chi connectivity index (χ1v) is 7.35. The van der Waals surface area contributed by atoms with E-state index in [1.165, 1.54) is 16.5 Å². The molecule has 1 aromatic heterocycles. The Morgan fingerprint density at radius 1 is 1.16 bits per heavy atom. The van der Waals surface area contributed by atoms with Crippen LogP contribution in [0.4, 0.5) is 0 Å². The maximum Gasteiger partial charge on any atom is 0.0654 e. The van der Waals surface area contributed by atoms with Gasteiger partial charge in [-0.25, -0.2) is 0 Å². The van der Waals surface area contributed by atoms with Crippen LogP contribution in [0.25, 0.3) is 10.8 Å². The van der Waals surface area contributed by atoms with Crippen molar-refractivity contribution in [3.8, 4) is 0 Å². The minimum absolute atomic E-state index is 0.344. The fourth-order valence-electron chi connectivity index (χ4n) is 2.49. The van der Waals surface area contributed by atoms with E-state index in [9.17, 15) is 0 Å². The van der Waals surface area contributed by atoms with Gasteiger partial charge in [0.25, 0.3) is 0 Å². The third-order valence-corrected chi connectivity index (χ3v) is 3.83. The van der Waals surface area contributed by atoms with E-state index in [1.807, 2.05) is 6.20 Å². The molecule has 2 unspecified atom stereocenters. The molecule has 0 saturated carbocycles. The summed E-state index contributed by atoms with van der Waals surface area (Å²) in [6.45, 7) is 7.80. The topological polar surface area (TPSA) is 24.9 Å². The minimum Gasteiger partial charge on any atom is -0.308 e. The van der Waals surface area contributed by atoms with E-state index in [2.05, 4.69) is 61.4 Å². The highest BCUT2D eigenvalue weighted by Gasteiger charge is 2.20. The number of fused-ring (bicyclic) bond motifs is 1. The molecule has 0 bridgehead atoms. The van der Waals surface area contributed by atoms with Gasteiger partial charge in [-0.1, -0.05) is 51.5 Å². The third-order valence-electron chi connectivity index (χ3n) is 3.83. The van der Waals surface area contributed by atoms with Gasteiger partial charge >= 0.3 is 0 Å². The molecule has 1 N–H and O–H groups in total. The second-order valence-electron chi connectivity index (χ2n) is 5.23. The first-order valence-electron chi connectivity index (χ1n) is 7.35. The Hall–Kier alpha value is -1.41. The summed E-state index contributed by atoms with van der Waals surface area (Å²) in [6, 6.07) is 11.0. The molecular formula is C17H24N2. The van der Waals surface area contributed by atoms with E-state index in [1.54, 1.807) is 0 Å². The van der Waals surface area contributed by atoms with Crippen molar-refractivity contribution in [3.63, 3.8) is 0 Å². The summed E-state index contributed by atoms with van der Waals surface area (Å²) < 4.78 is 0. The van der Waals surface area contributed by atoms with E-state index in [-0.39, 0.29) is 0 Å². The molecular weight excluding hydrogens is 232 g/mol. The molecule has 0 fully saturated rings. The molecule has 19 heavy (non-hydrogen) atoms. The molecule has 0 radical (unpaired) electrons. The zero-order valence-electron chi connectivity index (χ0n) is 12.2. The lowest BCUT2D eigenvalue weighted by atomic mass is 9.93. The van der Waals surface area contributed by atoms with E-state index >= 15 is 0 Å². The lowest BCUT2D eigenvalue weighted by molar-refractivity contribution is 0.372. The molecule has 2 rings (SSSR count). The number of hydrogen-bond acceptors (Lipinski definition) is 2. The second-order valence-corrected chi connectivity index (χ2v) is 5.23. The number of aromatic nitrogens is 1. The maximum absolute atomic E-state index is 4.67. The highest BCUT2D eigenvalue weighted by molar-refractivity contribution is 5.84. The zero-order valence-corrected chi connectivity index (χ0v) is 12.2. The van der Waals surface area contributed by atoms with Crippen molar-refractivity contribution in [2.45, 2.75) is 39.7 Å². The SMILES string of the molecule is CCCNC(c1nccc2ccccc12)C(C)CC. The number of nitrogens with one attached hydrogen (secondary N) is 1. The van der Waals surface area contributed by atoms with Crippen LogP contribution in [0.3, 0.4) is 0 Å². The largest absolute Gasteiger partial charge is 0.308 e. The molecule has 0 saturated heterocycles. The Kier molecular flexibility index (Phi) is 4.92. The normalized spacial score (nSPS) is 14.5. The van der Waals surface area contributed by atoms with Crippen molar-refractivity contribution in [3.05, 3.63) is 42.2 Å². The van der Waals surface area contributed by atoms with E-state index in [4.69, 9.17) is 0 Å². The molecule has 2 nitrogen and oxygen atoms in total. The summed E-state index contributed by atoms with van der Waals surface area (Å²) in [5, 5.41) is 6.22. The minimum atomic E-state index is 0.344. The van der Waals surface area contributed by atoms with Crippen LogP contribution >= 0.6 is 0 Å². The number of hydrogen-bond donors (Lipinski definition) is 1. The maximum atomic E-state index is 4.67. The van der Waals surface area contributed by atoms with Crippen molar-refractivity contribution in [1.29, 1.82) is 0 Å². The molecule has 1 heterocycles. The van der Waals surface area contributed by atoms with Gasteiger partial charge in [0.05, 0.1) is 11.7 Å². The second kappa shape index (κ2) is 6.67. The summed E-state index contributed by atoms with van der Waals surface area (Å²) >= 11 is 0. The molecule has 102 valence electrons. The summed E-state index contributed by atoms with van der Waals surface area (Å²) in [5.41, 5.74) is 1.20. The Morgan fingerprint density at radius 2 is 1.95 bits per heavy atom. The van der Waals surface area contributed by atoms with E-state index < -0.39 is 0 Å². The Morgan fingerprint density at radius 3 is 2.68 bits per heavy atom. The van der Waals surface area contributed by atoms with Crippen LogP contribution in [-0.4, -0.2) is 11.5 Å². The monoisotopic (exact) mass is 256 g/mol. The van der Waals surface area contributed by atoms with Crippen LogP contribution in [0.1, 0.15) is 45.3 Å². The van der Waals surface area contributed by atoms with Gasteiger partial charge < -0.3 is 5.32 Å². The summed E-state index contributed by atoms with van der Waals surface area (Å²) in [5.74, 6) is 0.588. The highest BCUT2D eigenvalue weighted by Crippen LogP contribution is 2.28. The number of rotatable bonds is 6. The van der Waals surface area contributed by atoms with Crippen LogP contribution in [0.2, 0.25) is 0 Å². The average Bonchev–Trinajstić information content (AvgIpc) is 2.47. The number of nitrogens with zero attached hydrogens (tertiary/aromatic N) is 1. The van der Waals surface area contributed by atoms with Crippen molar-refractivity contribution < 1.29 is 0 Å². The van der Waals surface area contributed by atoms with Gasteiger partial charge in [-0.3, -0.25) is 4.98 Å². The predicted molar refractivity (Wildman–Crippen MR) is 82.2 cm³/mol. The molecule has 2 aromatic rings. The summed E-state index contributed by atoms with van der Waals surface area (Å²) in [4.78, 5) is 4.67. The van der Waals surface area contributed by atoms with Gasteiger partial charge in [0.2, 0.25) is 0 Å². The van der Waals surface area contributed by atoms with Crippen molar-refractivity contribution in [2.75, 3.05) is 6.54 Å². The quantitative estimate of drug-likeness (QED) is 0.832. The van der Waals surface area contributed by atoms with Gasteiger partial charge in [0.1, 0.15) is 0 Å². The fourth-order valence-corrected chi connectivity index (χ4v) is 2.49. The Bertz CT molecular complexity index is 516. The lowest BCUT2D eigenvalue weighted by Crippen LogP contribution is -2.28. The molecule has 2 atom stereocenters. The van der Waals surface area contributed by atoms with Crippen LogP contribution < -0.4 is 5.32 Å². The number of benzene rings is 1. The van der Waals surface area contributed by atoms with Crippen LogP contribution in [0.15, 0.2) is 36.5 Å². The lowest BCUT2D eigenvalue weighted by Gasteiger charge is -2.25. The molecule has 0 aliphatic rings. The van der Waals surface area contributed by atoms with Gasteiger partial charge in [-0.05, 0) is 30.3 Å². The van der Waals surface area contributed by atoms with Crippen LogP contribution in [0, 0.1) is 5.92 Å². The average molecular weight is 256 g/mol. The van der Waals surface area contributed by atoms with Crippen LogP contribution in [-0.2, 0) is 0 Å². The summed E-state index contributed by atoms with van der Waals surface area (Å²) in [6.07, 6.45) is 4.24. The first-order chi connectivity index (χ1) is 9.27. The molecule has 0 spiro atoms. The van der Waals surface area contributed by atoms with Crippen LogP contribution in [0.5, 0.6) is 0 Å². The van der Waals surface area contributed by atoms with Gasteiger partial charge in [-0.2, -0.15) is 0 Å². The molecule has 2 heteroatoms. The van der Waals surface area contributed by atoms with Gasteiger partial charge in [0, 0.05) is 11.6 Å². The van der Waals surface area contributed by atoms with Crippen molar-refractivity contribution in [2.24, 2.45) is 5.92 Å². The Labute approximate surface area is 116 Å². The smallest absolute Gasteiger partial charge is 0.0654 e. The number of pyridine rings is 1. The highest BCUT2D eigenvalue weighted by atomic mass is 14.9. The standard InChI is InChI=1S/C17H24N2/c1-4-11-18-16(13(3)5-2)17-15-9-7-6-8-14(15)10-12-19-17/h6-10,12-13,16,18H,4-5,11H2,1-3H3. The van der Waals surface area contributed by atoms with E-state index in [0.717, 1.165) is 19.4 Å². The molecule has 0 aliphatic carbocycles. The first kappa shape index (κ1) is 14.0. The summed E-state index contributed by atoms with van der Waals surface area (Å²) in [7, 11) is 0. The van der Waals surface area contributed by atoms with E-state index in [0.29, 0.717) is 12.0 Å². The predicted octanol–water partition coefficient (Wildman–Crippen LogP) is 4.32. The molecule has 0 aliphatic heterocycles. The zero-order chi connectivity index (χ0) is 13.7. The van der Waals surface area contributed by atoms with Crippen molar-refractivity contribution >= 4 is 10.8 Å². The molecule has 1 aromatic carbocycles. The Balaban J connectivity index is 2.43. The van der Waals surface area contributed by atoms with Gasteiger partial charge in [0.15, 0.2) is 0 Å². The van der Waals surface area contributed by atoms with Crippen molar-refractivity contribution in [1.82, 2.24) is 10.3 Å². The van der Waals surface area contributed by atoms with Gasteiger partial charge in [-0.15, -0.1) is 0 Å². The third kappa shape index (κ3) is 3.13.